The average Bonchev–Trinajstić information content (AvgIpc) is 3.02. The lowest BCUT2D eigenvalue weighted by atomic mass is 9.91. The van der Waals surface area contributed by atoms with Crippen LogP contribution < -0.4 is 16.3 Å². The number of ether oxygens (including phenoxy) is 1. The van der Waals surface area contributed by atoms with Gasteiger partial charge in [0.15, 0.2) is 12.2 Å². The van der Waals surface area contributed by atoms with E-state index in [4.69, 9.17) is 9.57 Å². The number of rotatable bonds is 4. The van der Waals surface area contributed by atoms with Gasteiger partial charge in [-0.1, -0.05) is 22.9 Å². The van der Waals surface area contributed by atoms with E-state index < -0.39 is 0 Å². The molecule has 0 spiro atoms. The van der Waals surface area contributed by atoms with E-state index in [9.17, 15) is 0 Å². The molecule has 1 aliphatic carbocycles. The SMILES string of the molecule is CNN(C)C1=C2C(=CNN1)C[N+]1(OC)C(OC)=CC3=CCC=CC3=C21. The molecule has 0 radical (unpaired) electrons. The largest absolute Gasteiger partial charge is 0.453 e. The van der Waals surface area contributed by atoms with Crippen LogP contribution in [-0.2, 0) is 9.57 Å². The minimum Gasteiger partial charge on any atom is -0.453 e. The van der Waals surface area contributed by atoms with Gasteiger partial charge in [-0.2, -0.15) is 4.84 Å². The highest BCUT2D eigenvalue weighted by molar-refractivity contribution is 5.63. The fourth-order valence-electron chi connectivity index (χ4n) is 3.88. The van der Waals surface area contributed by atoms with Gasteiger partial charge < -0.3 is 10.2 Å². The highest BCUT2D eigenvalue weighted by Gasteiger charge is 2.56. The van der Waals surface area contributed by atoms with Crippen LogP contribution in [0.2, 0.25) is 0 Å². The smallest absolute Gasteiger partial charge is 0.330 e. The number of allylic oxidation sites excluding steroid dienone is 7. The summed E-state index contributed by atoms with van der Waals surface area (Å²) >= 11 is 0. The summed E-state index contributed by atoms with van der Waals surface area (Å²) < 4.78 is 5.99. The highest BCUT2D eigenvalue weighted by Crippen LogP contribution is 2.51. The molecule has 1 fully saturated rings. The lowest BCUT2D eigenvalue weighted by Crippen LogP contribution is -2.45. The summed E-state index contributed by atoms with van der Waals surface area (Å²) in [6.07, 6.45) is 11.6. The predicted molar refractivity (Wildman–Crippen MR) is 94.3 cm³/mol. The van der Waals surface area contributed by atoms with Crippen molar-refractivity contribution < 1.29 is 14.2 Å². The zero-order valence-corrected chi connectivity index (χ0v) is 15.0. The van der Waals surface area contributed by atoms with Crippen LogP contribution in [0.3, 0.4) is 0 Å². The second-order valence-corrected chi connectivity index (χ2v) is 6.27. The maximum Gasteiger partial charge on any atom is 0.330 e. The maximum atomic E-state index is 6.06. The van der Waals surface area contributed by atoms with Crippen LogP contribution in [0.15, 0.2) is 70.2 Å². The third kappa shape index (κ3) is 2.10. The molecule has 1 unspecified atom stereocenters. The Balaban J connectivity index is 2.03. The van der Waals surface area contributed by atoms with Crippen molar-refractivity contribution in [1.29, 1.82) is 0 Å². The molecule has 0 saturated carbocycles. The van der Waals surface area contributed by atoms with Crippen molar-refractivity contribution in [3.63, 3.8) is 0 Å². The lowest BCUT2D eigenvalue weighted by molar-refractivity contribution is -1.04. The molecule has 132 valence electrons. The first-order chi connectivity index (χ1) is 12.2. The van der Waals surface area contributed by atoms with E-state index in [1.54, 1.807) is 14.2 Å². The van der Waals surface area contributed by atoms with E-state index >= 15 is 0 Å². The number of nitrogens with one attached hydrogen (secondary N) is 3. The van der Waals surface area contributed by atoms with E-state index in [1.165, 1.54) is 16.7 Å². The minimum absolute atomic E-state index is 0.221. The first-order valence-electron chi connectivity index (χ1n) is 8.35. The van der Waals surface area contributed by atoms with Crippen LogP contribution in [0.5, 0.6) is 0 Å². The Morgan fingerprint density at radius 1 is 1.32 bits per heavy atom. The molecule has 0 aromatic carbocycles. The number of hydrogen-bond donors (Lipinski definition) is 3. The first-order valence-corrected chi connectivity index (χ1v) is 8.35. The molecule has 4 rings (SSSR count). The van der Waals surface area contributed by atoms with Gasteiger partial charge in [0.05, 0.1) is 25.9 Å². The van der Waals surface area contributed by atoms with Gasteiger partial charge in [0, 0.05) is 31.4 Å². The monoisotopic (exact) mass is 342 g/mol. The minimum atomic E-state index is 0.221. The van der Waals surface area contributed by atoms with E-state index in [-0.39, 0.29) is 4.65 Å². The summed E-state index contributed by atoms with van der Waals surface area (Å²) in [5.41, 5.74) is 15.3. The average molecular weight is 342 g/mol. The van der Waals surface area contributed by atoms with Crippen molar-refractivity contribution in [2.24, 2.45) is 0 Å². The van der Waals surface area contributed by atoms with Gasteiger partial charge in [0.1, 0.15) is 5.82 Å². The third-order valence-electron chi connectivity index (χ3n) is 5.14. The summed E-state index contributed by atoms with van der Waals surface area (Å²) in [5, 5.41) is 1.96. The molecule has 0 amide bonds. The summed E-state index contributed by atoms with van der Waals surface area (Å²) in [6.45, 7) is 0.668. The highest BCUT2D eigenvalue weighted by atomic mass is 16.7. The van der Waals surface area contributed by atoms with Crippen LogP contribution in [-0.4, -0.2) is 44.5 Å². The number of hydrazine groups is 2. The van der Waals surface area contributed by atoms with Crippen LogP contribution in [0.25, 0.3) is 0 Å². The molecule has 7 heteroatoms. The van der Waals surface area contributed by atoms with Gasteiger partial charge in [-0.05, 0) is 12.0 Å². The van der Waals surface area contributed by atoms with Crippen molar-refractivity contribution in [3.8, 4) is 0 Å². The van der Waals surface area contributed by atoms with E-state index in [1.807, 2.05) is 25.3 Å². The standard InChI is InChI=1S/C18H24N5O2/c1-19-22(2)18-16-13(10-20-21-18)11-23(25-4)15(24-3)9-12-7-5-6-8-14(12)17(16)23/h6-10,19-21H,5,11H2,1-4H3/q+1. The fourth-order valence-corrected chi connectivity index (χ4v) is 3.88. The topological polar surface area (TPSA) is 57.8 Å². The summed E-state index contributed by atoms with van der Waals surface area (Å²) in [4.78, 5) is 6.06. The summed E-state index contributed by atoms with van der Waals surface area (Å²) in [5.74, 6) is 1.74. The molecular formula is C18H24N5O2+. The van der Waals surface area contributed by atoms with E-state index in [0.29, 0.717) is 6.54 Å². The molecule has 1 saturated heterocycles. The Bertz CT molecular complexity index is 802. The molecule has 7 nitrogen and oxygen atoms in total. The van der Waals surface area contributed by atoms with Crippen molar-refractivity contribution in [1.82, 2.24) is 21.3 Å². The van der Waals surface area contributed by atoms with Crippen molar-refractivity contribution >= 4 is 0 Å². The predicted octanol–water partition coefficient (Wildman–Crippen LogP) is 1.29. The van der Waals surface area contributed by atoms with E-state index in [2.05, 4.69) is 40.6 Å². The van der Waals surface area contributed by atoms with Crippen LogP contribution in [0, 0.1) is 0 Å². The second kappa shape index (κ2) is 5.80. The van der Waals surface area contributed by atoms with Gasteiger partial charge in [0.2, 0.25) is 0 Å². The molecule has 0 aromatic rings. The molecule has 0 bridgehead atoms. The zero-order chi connectivity index (χ0) is 17.6. The number of fused-ring (bicyclic) bond motifs is 4. The van der Waals surface area contributed by atoms with Crippen molar-refractivity contribution in [3.05, 3.63) is 70.2 Å². The van der Waals surface area contributed by atoms with Gasteiger partial charge in [-0.25, -0.2) is 5.43 Å². The molecule has 4 aliphatic rings. The van der Waals surface area contributed by atoms with Gasteiger partial charge in [-0.3, -0.25) is 10.4 Å². The molecule has 3 heterocycles. The molecule has 1 atom stereocenters. The quantitative estimate of drug-likeness (QED) is 0.529. The van der Waals surface area contributed by atoms with Crippen molar-refractivity contribution in [2.75, 3.05) is 34.9 Å². The molecule has 3 N–H and O–H groups in total. The van der Waals surface area contributed by atoms with E-state index in [0.717, 1.165) is 29.4 Å². The molecule has 3 aliphatic heterocycles. The Hall–Kier alpha value is -2.48. The van der Waals surface area contributed by atoms with Crippen LogP contribution >= 0.6 is 0 Å². The van der Waals surface area contributed by atoms with Gasteiger partial charge >= 0.3 is 5.88 Å². The van der Waals surface area contributed by atoms with Gasteiger partial charge in [0.25, 0.3) is 0 Å². The normalized spacial score (nSPS) is 26.6. The first kappa shape index (κ1) is 16.0. The Kier molecular flexibility index (Phi) is 3.72. The third-order valence-corrected chi connectivity index (χ3v) is 5.14. The summed E-state index contributed by atoms with van der Waals surface area (Å²) in [7, 11) is 7.31. The lowest BCUT2D eigenvalue weighted by Gasteiger charge is -2.35. The Morgan fingerprint density at radius 3 is 2.88 bits per heavy atom. The maximum absolute atomic E-state index is 6.06. The number of hydrogen-bond acceptors (Lipinski definition) is 6. The van der Waals surface area contributed by atoms with Crippen LogP contribution in [0.1, 0.15) is 6.42 Å². The summed E-state index contributed by atoms with van der Waals surface area (Å²) in [6, 6.07) is 0. The Morgan fingerprint density at radius 2 is 2.16 bits per heavy atom. The second-order valence-electron chi connectivity index (χ2n) is 6.27. The van der Waals surface area contributed by atoms with Crippen LogP contribution in [0.4, 0.5) is 0 Å². The van der Waals surface area contributed by atoms with Gasteiger partial charge in [-0.15, -0.1) is 0 Å². The molecule has 25 heavy (non-hydrogen) atoms. The number of nitrogens with zero attached hydrogens (tertiary/aromatic N) is 2. The molecular weight excluding hydrogens is 318 g/mol. The number of quaternary nitrogens is 1. The van der Waals surface area contributed by atoms with Crippen molar-refractivity contribution in [2.45, 2.75) is 6.42 Å². The Labute approximate surface area is 147 Å². The number of methoxy groups -OCH3 is 1. The fraction of sp³-hybridized carbons (Fsp3) is 0.333. The zero-order valence-electron chi connectivity index (χ0n) is 15.0. The number of hydroxylamine groups is 3. The molecule has 0 aromatic heterocycles.